The largest absolute Gasteiger partial charge is 0.494 e. The van der Waals surface area contributed by atoms with Crippen molar-refractivity contribution in [3.05, 3.63) is 29.1 Å². The topological polar surface area (TPSA) is 9.23 Å². The Balaban J connectivity index is 0.000000921. The van der Waals surface area contributed by atoms with Gasteiger partial charge in [0.1, 0.15) is 0 Å². The fourth-order valence-electron chi connectivity index (χ4n) is 1.45. The molecule has 0 heterocycles. The van der Waals surface area contributed by atoms with Crippen LogP contribution in [-0.2, 0) is 12.8 Å². The first-order valence-corrected chi connectivity index (χ1v) is 5.58. The molecule has 0 amide bonds. The molecule has 0 bridgehead atoms. The lowest BCUT2D eigenvalue weighted by atomic mass is 10.0. The third-order valence-electron chi connectivity index (χ3n) is 2.24. The van der Waals surface area contributed by atoms with E-state index in [9.17, 15) is 4.39 Å². The summed E-state index contributed by atoms with van der Waals surface area (Å²) in [7, 11) is 1.49. The van der Waals surface area contributed by atoms with Crippen molar-refractivity contribution in [3.63, 3.8) is 0 Å². The number of aryl methyl sites for hydroxylation is 2. The Morgan fingerprint density at radius 3 is 1.93 bits per heavy atom. The first kappa shape index (κ1) is 13.9. The summed E-state index contributed by atoms with van der Waals surface area (Å²) in [6.45, 7) is 8.09. The average Bonchev–Trinajstić information content (AvgIpc) is 2.31. The maximum absolute atomic E-state index is 13.2. The number of hydrogen-bond acceptors (Lipinski definition) is 1. The molecule has 1 rings (SSSR count). The van der Waals surface area contributed by atoms with Crippen LogP contribution in [0.15, 0.2) is 12.1 Å². The van der Waals surface area contributed by atoms with E-state index in [4.69, 9.17) is 4.74 Å². The average molecular weight is 212 g/mol. The van der Waals surface area contributed by atoms with Crippen molar-refractivity contribution in [3.8, 4) is 5.75 Å². The molecule has 0 fully saturated rings. The second-order valence-electron chi connectivity index (χ2n) is 2.96. The SMILES string of the molecule is CC.CCc1cc(F)c(OC)cc1CC. The van der Waals surface area contributed by atoms with E-state index in [0.29, 0.717) is 5.75 Å². The highest BCUT2D eigenvalue weighted by Crippen LogP contribution is 2.22. The molecule has 86 valence electrons. The van der Waals surface area contributed by atoms with Gasteiger partial charge in [-0.1, -0.05) is 27.7 Å². The Morgan fingerprint density at radius 2 is 1.53 bits per heavy atom. The fraction of sp³-hybridized carbons (Fsp3) is 0.538. The van der Waals surface area contributed by atoms with E-state index in [1.165, 1.54) is 12.7 Å². The normalized spacial score (nSPS) is 9.20. The third-order valence-corrected chi connectivity index (χ3v) is 2.24. The lowest BCUT2D eigenvalue weighted by molar-refractivity contribution is 0.385. The molecule has 0 N–H and O–H groups in total. The summed E-state index contributed by atoms with van der Waals surface area (Å²) in [4.78, 5) is 0. The summed E-state index contributed by atoms with van der Waals surface area (Å²) in [6, 6.07) is 3.35. The van der Waals surface area contributed by atoms with E-state index >= 15 is 0 Å². The third kappa shape index (κ3) is 3.54. The number of methoxy groups -OCH3 is 1. The molecule has 1 aromatic rings. The van der Waals surface area contributed by atoms with Crippen LogP contribution in [0.1, 0.15) is 38.8 Å². The van der Waals surface area contributed by atoms with Crippen molar-refractivity contribution in [2.75, 3.05) is 7.11 Å². The van der Waals surface area contributed by atoms with Crippen LogP contribution in [-0.4, -0.2) is 7.11 Å². The molecule has 0 aliphatic carbocycles. The fourth-order valence-corrected chi connectivity index (χ4v) is 1.45. The summed E-state index contributed by atoms with van der Waals surface area (Å²) in [5, 5.41) is 0. The van der Waals surface area contributed by atoms with Gasteiger partial charge in [-0.2, -0.15) is 0 Å². The second kappa shape index (κ2) is 7.27. The zero-order valence-corrected chi connectivity index (χ0v) is 10.4. The maximum Gasteiger partial charge on any atom is 0.165 e. The smallest absolute Gasteiger partial charge is 0.165 e. The summed E-state index contributed by atoms with van der Waals surface area (Å²) in [5.74, 6) is 0.0746. The van der Waals surface area contributed by atoms with E-state index in [2.05, 4.69) is 6.92 Å². The molecule has 0 spiro atoms. The molecule has 0 atom stereocenters. The van der Waals surface area contributed by atoms with Crippen LogP contribution in [0.5, 0.6) is 5.75 Å². The van der Waals surface area contributed by atoms with Crippen molar-refractivity contribution < 1.29 is 9.13 Å². The van der Waals surface area contributed by atoms with Crippen LogP contribution in [0.2, 0.25) is 0 Å². The Kier molecular flexibility index (Phi) is 6.76. The number of halogens is 1. The molecule has 2 heteroatoms. The summed E-state index contributed by atoms with van der Waals surface area (Å²) in [6.07, 6.45) is 1.78. The lowest BCUT2D eigenvalue weighted by Crippen LogP contribution is -1.96. The quantitative estimate of drug-likeness (QED) is 0.736. The van der Waals surface area contributed by atoms with Gasteiger partial charge in [0.2, 0.25) is 0 Å². The van der Waals surface area contributed by atoms with Gasteiger partial charge in [-0.05, 0) is 36.1 Å². The van der Waals surface area contributed by atoms with Gasteiger partial charge in [-0.25, -0.2) is 4.39 Å². The van der Waals surface area contributed by atoms with Crippen LogP contribution < -0.4 is 4.74 Å². The first-order chi connectivity index (χ1) is 7.22. The van der Waals surface area contributed by atoms with Crippen molar-refractivity contribution in [1.82, 2.24) is 0 Å². The molecule has 1 aromatic carbocycles. The van der Waals surface area contributed by atoms with Crippen molar-refractivity contribution >= 4 is 0 Å². The number of benzene rings is 1. The molecule has 15 heavy (non-hydrogen) atoms. The monoisotopic (exact) mass is 212 g/mol. The van der Waals surface area contributed by atoms with Gasteiger partial charge in [0.15, 0.2) is 11.6 Å². The summed E-state index contributed by atoms with van der Waals surface area (Å²) in [5.41, 5.74) is 2.24. The van der Waals surface area contributed by atoms with Crippen molar-refractivity contribution in [1.29, 1.82) is 0 Å². The minimum absolute atomic E-state index is 0.267. The molecule has 0 aliphatic rings. The second-order valence-corrected chi connectivity index (χ2v) is 2.96. The van der Waals surface area contributed by atoms with E-state index in [1.54, 1.807) is 12.1 Å². The molecule has 1 nitrogen and oxygen atoms in total. The minimum Gasteiger partial charge on any atom is -0.494 e. The van der Waals surface area contributed by atoms with Crippen LogP contribution in [0, 0.1) is 5.82 Å². The maximum atomic E-state index is 13.2. The zero-order chi connectivity index (χ0) is 11.8. The number of hydrogen-bond donors (Lipinski definition) is 0. The van der Waals surface area contributed by atoms with Crippen molar-refractivity contribution in [2.45, 2.75) is 40.5 Å². The van der Waals surface area contributed by atoms with Gasteiger partial charge in [-0.3, -0.25) is 0 Å². The molecule has 0 radical (unpaired) electrons. The van der Waals surface area contributed by atoms with Crippen molar-refractivity contribution in [2.24, 2.45) is 0 Å². The Labute approximate surface area is 92.3 Å². The van der Waals surface area contributed by atoms with Crippen LogP contribution in [0.3, 0.4) is 0 Å². The standard InChI is InChI=1S/C11H15FO.C2H6/c1-4-8-6-10(12)11(13-3)7-9(8)5-2;1-2/h6-7H,4-5H2,1-3H3;1-2H3. The van der Waals surface area contributed by atoms with E-state index in [-0.39, 0.29) is 5.82 Å². The summed E-state index contributed by atoms with van der Waals surface area (Å²) < 4.78 is 18.1. The van der Waals surface area contributed by atoms with Gasteiger partial charge < -0.3 is 4.74 Å². The molecular weight excluding hydrogens is 191 g/mol. The Hall–Kier alpha value is -1.05. The van der Waals surface area contributed by atoms with Gasteiger partial charge in [-0.15, -0.1) is 0 Å². The minimum atomic E-state index is -0.267. The lowest BCUT2D eigenvalue weighted by Gasteiger charge is -2.09. The highest BCUT2D eigenvalue weighted by atomic mass is 19.1. The van der Waals surface area contributed by atoms with Gasteiger partial charge in [0.05, 0.1) is 7.11 Å². The predicted octanol–water partition coefficient (Wildman–Crippen LogP) is 3.99. The number of rotatable bonds is 3. The van der Waals surface area contributed by atoms with E-state index in [0.717, 1.165) is 18.4 Å². The van der Waals surface area contributed by atoms with E-state index < -0.39 is 0 Å². The molecular formula is C13H21FO. The molecule has 0 saturated heterocycles. The van der Waals surface area contributed by atoms with E-state index in [1.807, 2.05) is 20.8 Å². The van der Waals surface area contributed by atoms with Crippen LogP contribution in [0.4, 0.5) is 4.39 Å². The first-order valence-electron chi connectivity index (χ1n) is 5.58. The summed E-state index contributed by atoms with van der Waals surface area (Å²) >= 11 is 0. The zero-order valence-electron chi connectivity index (χ0n) is 10.4. The number of ether oxygens (including phenoxy) is 1. The van der Waals surface area contributed by atoms with Crippen LogP contribution in [0.25, 0.3) is 0 Å². The molecule has 0 aromatic heterocycles. The Bertz CT molecular complexity index is 295. The Morgan fingerprint density at radius 1 is 1.07 bits per heavy atom. The molecule has 0 unspecified atom stereocenters. The highest BCUT2D eigenvalue weighted by molar-refractivity contribution is 5.37. The predicted molar refractivity (Wildman–Crippen MR) is 63.1 cm³/mol. The van der Waals surface area contributed by atoms with Crippen LogP contribution >= 0.6 is 0 Å². The highest BCUT2D eigenvalue weighted by Gasteiger charge is 2.07. The molecule has 0 saturated carbocycles. The van der Waals surface area contributed by atoms with Gasteiger partial charge >= 0.3 is 0 Å². The van der Waals surface area contributed by atoms with Gasteiger partial charge in [0, 0.05) is 0 Å². The molecule has 0 aliphatic heterocycles. The van der Waals surface area contributed by atoms with Gasteiger partial charge in [0.25, 0.3) is 0 Å².